The molecule has 2 aromatic heterocycles. The Morgan fingerprint density at radius 1 is 1.13 bits per heavy atom. The van der Waals surface area contributed by atoms with Crippen molar-refractivity contribution in [2.75, 3.05) is 7.11 Å². The lowest BCUT2D eigenvalue weighted by atomic mass is 10.2. The first-order chi connectivity index (χ1) is 14.5. The minimum absolute atomic E-state index is 0.0195. The lowest BCUT2D eigenvalue weighted by Crippen LogP contribution is -2.27. The van der Waals surface area contributed by atoms with Crippen LogP contribution < -0.4 is 0 Å². The molecule has 1 saturated heterocycles. The second-order valence-corrected chi connectivity index (χ2v) is 7.61. The number of amides is 2. The van der Waals surface area contributed by atoms with Gasteiger partial charge < -0.3 is 13.7 Å². The standard InChI is InChI=1S/C22H18N2O5S/c1-14-6-3-4-8-17(14)23-11-5-7-15(23)12-19-20(25)24(22(27)30-19)13-16-9-10-18(29-16)21(26)28-2/h3-12H,13H2,1-2H3. The number of aryl methyl sites for hydroxylation is 1. The number of methoxy groups -OCH3 is 1. The van der Waals surface area contributed by atoms with Crippen LogP contribution in [0.1, 0.15) is 27.6 Å². The molecule has 0 unspecified atom stereocenters. The highest BCUT2D eigenvalue weighted by Gasteiger charge is 2.36. The molecule has 1 aliphatic heterocycles. The van der Waals surface area contributed by atoms with Gasteiger partial charge in [0.05, 0.1) is 18.6 Å². The summed E-state index contributed by atoms with van der Waals surface area (Å²) in [6, 6.07) is 14.7. The van der Waals surface area contributed by atoms with Crippen LogP contribution in [0, 0.1) is 6.92 Å². The van der Waals surface area contributed by atoms with Gasteiger partial charge in [-0.1, -0.05) is 18.2 Å². The van der Waals surface area contributed by atoms with E-state index in [0.717, 1.165) is 33.6 Å². The number of ether oxygens (including phenoxy) is 1. The Kier molecular flexibility index (Phi) is 5.33. The minimum atomic E-state index is -0.618. The third-order valence-electron chi connectivity index (χ3n) is 4.67. The summed E-state index contributed by atoms with van der Waals surface area (Å²) in [5, 5.41) is -0.392. The number of imide groups is 1. The fraction of sp³-hybridized carbons (Fsp3) is 0.136. The lowest BCUT2D eigenvalue weighted by molar-refractivity contribution is -0.123. The minimum Gasteiger partial charge on any atom is -0.463 e. The maximum atomic E-state index is 12.8. The molecular formula is C22H18N2O5S. The number of carbonyl (C=O) groups is 3. The zero-order valence-corrected chi connectivity index (χ0v) is 17.1. The van der Waals surface area contributed by atoms with Gasteiger partial charge in [0.15, 0.2) is 0 Å². The van der Waals surface area contributed by atoms with E-state index < -0.39 is 17.1 Å². The van der Waals surface area contributed by atoms with Gasteiger partial charge >= 0.3 is 5.97 Å². The number of hydrogen-bond donors (Lipinski definition) is 0. The van der Waals surface area contributed by atoms with Crippen molar-refractivity contribution < 1.29 is 23.5 Å². The van der Waals surface area contributed by atoms with Crippen LogP contribution in [0.4, 0.5) is 4.79 Å². The molecule has 7 nitrogen and oxygen atoms in total. The molecule has 2 amide bonds. The van der Waals surface area contributed by atoms with Crippen LogP contribution in [0.5, 0.6) is 0 Å². The van der Waals surface area contributed by atoms with E-state index in [1.165, 1.54) is 13.2 Å². The molecule has 0 spiro atoms. The van der Waals surface area contributed by atoms with Gasteiger partial charge in [-0.25, -0.2) is 4.79 Å². The third-order valence-corrected chi connectivity index (χ3v) is 5.58. The van der Waals surface area contributed by atoms with E-state index in [9.17, 15) is 14.4 Å². The molecule has 0 saturated carbocycles. The number of thioether (sulfide) groups is 1. The van der Waals surface area contributed by atoms with Gasteiger partial charge in [0.1, 0.15) is 5.76 Å². The fourth-order valence-corrected chi connectivity index (χ4v) is 3.99. The van der Waals surface area contributed by atoms with Crippen LogP contribution in [-0.2, 0) is 16.1 Å². The topological polar surface area (TPSA) is 81.8 Å². The van der Waals surface area contributed by atoms with Gasteiger partial charge in [-0.3, -0.25) is 14.5 Å². The molecule has 3 heterocycles. The third kappa shape index (κ3) is 3.69. The largest absolute Gasteiger partial charge is 0.463 e. The molecule has 0 atom stereocenters. The molecule has 0 bridgehead atoms. The van der Waals surface area contributed by atoms with Crippen molar-refractivity contribution in [3.63, 3.8) is 0 Å². The first-order valence-electron chi connectivity index (χ1n) is 9.13. The summed E-state index contributed by atoms with van der Waals surface area (Å²) in [4.78, 5) is 38.2. The van der Waals surface area contributed by atoms with E-state index in [-0.39, 0.29) is 12.3 Å². The van der Waals surface area contributed by atoms with Crippen LogP contribution in [0.15, 0.2) is 64.1 Å². The molecule has 152 valence electrons. The number of nitrogens with zero attached hydrogens (tertiary/aromatic N) is 2. The summed E-state index contributed by atoms with van der Waals surface area (Å²) in [6.45, 7) is 1.96. The van der Waals surface area contributed by atoms with Crippen molar-refractivity contribution in [1.82, 2.24) is 9.47 Å². The Labute approximate surface area is 176 Å². The van der Waals surface area contributed by atoms with Gasteiger partial charge in [0.2, 0.25) is 5.76 Å². The van der Waals surface area contributed by atoms with E-state index in [2.05, 4.69) is 4.74 Å². The van der Waals surface area contributed by atoms with Crippen molar-refractivity contribution in [2.24, 2.45) is 0 Å². The van der Waals surface area contributed by atoms with Gasteiger partial charge in [0, 0.05) is 17.6 Å². The summed E-state index contributed by atoms with van der Waals surface area (Å²) in [5.41, 5.74) is 2.88. The molecule has 1 fully saturated rings. The highest BCUT2D eigenvalue weighted by molar-refractivity contribution is 8.18. The Balaban J connectivity index is 1.57. The predicted molar refractivity (Wildman–Crippen MR) is 112 cm³/mol. The first-order valence-corrected chi connectivity index (χ1v) is 9.95. The molecule has 0 N–H and O–H groups in total. The summed E-state index contributed by atoms with van der Waals surface area (Å²) in [7, 11) is 1.25. The Morgan fingerprint density at radius 2 is 1.93 bits per heavy atom. The molecular weight excluding hydrogens is 404 g/mol. The summed E-state index contributed by atoms with van der Waals surface area (Å²) >= 11 is 0.877. The van der Waals surface area contributed by atoms with Crippen LogP contribution in [0.3, 0.4) is 0 Å². The summed E-state index contributed by atoms with van der Waals surface area (Å²) in [6.07, 6.45) is 3.62. The maximum Gasteiger partial charge on any atom is 0.373 e. The number of esters is 1. The van der Waals surface area contributed by atoms with E-state index in [4.69, 9.17) is 4.42 Å². The highest BCUT2D eigenvalue weighted by atomic mass is 32.2. The number of furan rings is 1. The van der Waals surface area contributed by atoms with E-state index in [1.807, 2.05) is 54.1 Å². The first kappa shape index (κ1) is 19.8. The van der Waals surface area contributed by atoms with Gasteiger partial charge in [-0.2, -0.15) is 0 Å². The smallest absolute Gasteiger partial charge is 0.373 e. The monoisotopic (exact) mass is 422 g/mol. The van der Waals surface area contributed by atoms with Crippen LogP contribution in [0.25, 0.3) is 11.8 Å². The summed E-state index contributed by atoms with van der Waals surface area (Å²) in [5.74, 6) is -0.681. The molecule has 3 aromatic rings. The van der Waals surface area contributed by atoms with Gasteiger partial charge in [-0.15, -0.1) is 0 Å². The normalized spacial score (nSPS) is 15.3. The molecule has 8 heteroatoms. The lowest BCUT2D eigenvalue weighted by Gasteiger charge is -2.11. The SMILES string of the molecule is COC(=O)c1ccc(CN2C(=O)SC(=Cc3cccn3-c3ccccc3C)C2=O)o1. The van der Waals surface area contributed by atoms with Crippen molar-refractivity contribution in [2.45, 2.75) is 13.5 Å². The number of aromatic nitrogens is 1. The summed E-state index contributed by atoms with van der Waals surface area (Å²) < 4.78 is 11.9. The molecule has 1 aliphatic rings. The van der Waals surface area contributed by atoms with Crippen molar-refractivity contribution >= 4 is 35.0 Å². The molecule has 0 aliphatic carbocycles. The molecule has 1 aromatic carbocycles. The molecule has 0 radical (unpaired) electrons. The Hall–Kier alpha value is -3.52. The second kappa shape index (κ2) is 8.08. The van der Waals surface area contributed by atoms with Crippen molar-refractivity contribution in [3.05, 3.63) is 82.4 Å². The van der Waals surface area contributed by atoms with E-state index in [0.29, 0.717) is 10.7 Å². The Bertz CT molecular complexity index is 1170. The second-order valence-electron chi connectivity index (χ2n) is 6.61. The highest BCUT2D eigenvalue weighted by Crippen LogP contribution is 2.34. The quantitative estimate of drug-likeness (QED) is 0.448. The number of para-hydroxylation sites is 1. The molecule has 4 rings (SSSR count). The van der Waals surface area contributed by atoms with Crippen LogP contribution >= 0.6 is 11.8 Å². The van der Waals surface area contributed by atoms with Crippen molar-refractivity contribution in [3.8, 4) is 5.69 Å². The van der Waals surface area contributed by atoms with Gasteiger partial charge in [-0.05, 0) is 60.7 Å². The van der Waals surface area contributed by atoms with Crippen LogP contribution in [0.2, 0.25) is 0 Å². The number of carbonyl (C=O) groups excluding carboxylic acids is 3. The predicted octanol–water partition coefficient (Wildman–Crippen LogP) is 4.40. The Morgan fingerprint density at radius 3 is 2.70 bits per heavy atom. The average molecular weight is 422 g/mol. The maximum absolute atomic E-state index is 12.8. The number of rotatable bonds is 5. The fourth-order valence-electron chi connectivity index (χ4n) is 3.16. The number of benzene rings is 1. The van der Waals surface area contributed by atoms with Crippen molar-refractivity contribution in [1.29, 1.82) is 0 Å². The molecule has 30 heavy (non-hydrogen) atoms. The van der Waals surface area contributed by atoms with Crippen LogP contribution in [-0.4, -0.2) is 33.7 Å². The number of hydrogen-bond acceptors (Lipinski definition) is 6. The zero-order chi connectivity index (χ0) is 21.3. The van der Waals surface area contributed by atoms with E-state index in [1.54, 1.807) is 12.1 Å². The average Bonchev–Trinajstić information content (AvgIpc) is 3.45. The van der Waals surface area contributed by atoms with Gasteiger partial charge in [0.25, 0.3) is 11.1 Å². The van der Waals surface area contributed by atoms with E-state index >= 15 is 0 Å². The zero-order valence-electron chi connectivity index (χ0n) is 16.3.